The first-order valence-electron chi connectivity index (χ1n) is 10.8. The van der Waals surface area contributed by atoms with Crippen LogP contribution < -0.4 is 5.32 Å². The summed E-state index contributed by atoms with van der Waals surface area (Å²) in [6.45, 7) is 3.26. The first-order chi connectivity index (χ1) is 13.8. The molecule has 4 rings (SSSR count). The molecule has 6 nitrogen and oxygen atoms in total. The van der Waals surface area contributed by atoms with Gasteiger partial charge in [-0.3, -0.25) is 9.69 Å². The second-order valence-corrected chi connectivity index (χ2v) is 9.56. The number of morpholine rings is 1. The van der Waals surface area contributed by atoms with Crippen LogP contribution in [-0.2, 0) is 9.53 Å². The normalized spacial score (nSPS) is 28.6. The molecule has 0 bridgehead atoms. The minimum absolute atomic E-state index is 0.275. The number of nitrogens with zero attached hydrogens (tertiary/aromatic N) is 3. The highest BCUT2D eigenvalue weighted by atomic mass is 32.2. The lowest BCUT2D eigenvalue weighted by Gasteiger charge is -2.47. The van der Waals surface area contributed by atoms with Crippen molar-refractivity contribution >= 4 is 17.7 Å². The topological polar surface area (TPSA) is 67.4 Å². The molecule has 3 aliphatic rings. The van der Waals surface area contributed by atoms with Crippen LogP contribution >= 0.6 is 11.8 Å². The van der Waals surface area contributed by atoms with Gasteiger partial charge in [-0.1, -0.05) is 31.0 Å². The van der Waals surface area contributed by atoms with Gasteiger partial charge in [-0.15, -0.1) is 0 Å². The lowest BCUT2D eigenvalue weighted by atomic mass is 9.78. The molecule has 3 fully saturated rings. The monoisotopic (exact) mass is 404 g/mol. The van der Waals surface area contributed by atoms with E-state index in [4.69, 9.17) is 4.74 Å². The Balaban J connectivity index is 1.32. The predicted molar refractivity (Wildman–Crippen MR) is 110 cm³/mol. The van der Waals surface area contributed by atoms with E-state index in [0.29, 0.717) is 11.3 Å². The zero-order valence-electron chi connectivity index (χ0n) is 16.6. The van der Waals surface area contributed by atoms with Crippen molar-refractivity contribution in [2.45, 2.75) is 79.8 Å². The summed E-state index contributed by atoms with van der Waals surface area (Å²) in [7, 11) is 0. The van der Waals surface area contributed by atoms with E-state index in [1.54, 1.807) is 24.2 Å². The molecule has 0 spiro atoms. The largest absolute Gasteiger partial charge is 0.379 e. The fraction of sp³-hybridized carbons (Fsp3) is 0.762. The minimum Gasteiger partial charge on any atom is -0.379 e. The van der Waals surface area contributed by atoms with Crippen LogP contribution in [-0.4, -0.2) is 63.9 Å². The average molecular weight is 405 g/mol. The van der Waals surface area contributed by atoms with Gasteiger partial charge in [0, 0.05) is 36.8 Å². The van der Waals surface area contributed by atoms with Crippen molar-refractivity contribution in [3.05, 3.63) is 18.5 Å². The van der Waals surface area contributed by atoms with Crippen LogP contribution in [0.15, 0.2) is 23.6 Å². The Kier molecular flexibility index (Phi) is 6.86. The van der Waals surface area contributed by atoms with Gasteiger partial charge in [0.2, 0.25) is 5.91 Å². The number of hydrogen-bond donors (Lipinski definition) is 1. The predicted octanol–water partition coefficient (Wildman–Crippen LogP) is 3.03. The van der Waals surface area contributed by atoms with Crippen LogP contribution in [0.3, 0.4) is 0 Å². The van der Waals surface area contributed by atoms with Gasteiger partial charge in [0.15, 0.2) is 5.16 Å². The van der Waals surface area contributed by atoms with E-state index in [9.17, 15) is 4.79 Å². The van der Waals surface area contributed by atoms with Gasteiger partial charge in [0.25, 0.3) is 0 Å². The molecule has 154 valence electrons. The molecule has 1 aromatic rings. The Morgan fingerprint density at radius 2 is 1.75 bits per heavy atom. The maximum atomic E-state index is 13.4. The maximum absolute atomic E-state index is 13.4. The fourth-order valence-corrected chi connectivity index (χ4v) is 6.00. The van der Waals surface area contributed by atoms with Crippen LogP contribution in [0.5, 0.6) is 0 Å². The molecule has 2 heterocycles. The molecule has 1 aromatic heterocycles. The number of ether oxygens (including phenoxy) is 1. The Bertz CT molecular complexity index is 625. The van der Waals surface area contributed by atoms with Gasteiger partial charge >= 0.3 is 0 Å². The minimum atomic E-state index is -0.300. The molecular weight excluding hydrogens is 372 g/mol. The van der Waals surface area contributed by atoms with Gasteiger partial charge in [-0.25, -0.2) is 9.97 Å². The quantitative estimate of drug-likeness (QED) is 0.761. The van der Waals surface area contributed by atoms with Crippen LogP contribution in [0.1, 0.15) is 57.8 Å². The van der Waals surface area contributed by atoms with Crippen molar-refractivity contribution in [1.82, 2.24) is 20.2 Å². The molecule has 0 radical (unpaired) electrons. The average Bonchev–Trinajstić information content (AvgIpc) is 2.77. The summed E-state index contributed by atoms with van der Waals surface area (Å²) < 4.78 is 5.54. The SMILES string of the molecule is O=C(NC1CCC(Sc2ncccn2)CC1)C1(N2CCOCC2)CCCCC1. The lowest BCUT2D eigenvalue weighted by Crippen LogP contribution is -2.63. The van der Waals surface area contributed by atoms with Crippen LogP contribution in [0.25, 0.3) is 0 Å². The Hall–Kier alpha value is -1.18. The van der Waals surface area contributed by atoms with Crippen LogP contribution in [0.4, 0.5) is 0 Å². The standard InChI is InChI=1S/C21H32N4O2S/c26-19(21(9-2-1-3-10-21)25-13-15-27-16-14-25)24-17-5-7-18(8-6-17)28-20-22-11-4-12-23-20/h4,11-12,17-18H,1-3,5-10,13-16H2,(H,24,26). The number of carbonyl (C=O) groups excluding carboxylic acids is 1. The fourth-order valence-electron chi connectivity index (χ4n) is 4.96. The van der Waals surface area contributed by atoms with Gasteiger partial charge in [0.1, 0.15) is 5.54 Å². The van der Waals surface area contributed by atoms with Gasteiger partial charge < -0.3 is 10.1 Å². The van der Waals surface area contributed by atoms with Crippen molar-refractivity contribution in [2.24, 2.45) is 0 Å². The van der Waals surface area contributed by atoms with Crippen LogP contribution in [0.2, 0.25) is 0 Å². The molecule has 1 saturated heterocycles. The number of aromatic nitrogens is 2. The second kappa shape index (κ2) is 9.55. The summed E-state index contributed by atoms with van der Waals surface area (Å²) >= 11 is 1.78. The van der Waals surface area contributed by atoms with Crippen molar-refractivity contribution in [3.8, 4) is 0 Å². The van der Waals surface area contributed by atoms with Gasteiger partial charge in [-0.05, 0) is 44.6 Å². The van der Waals surface area contributed by atoms with E-state index in [1.807, 2.05) is 6.07 Å². The molecule has 2 aliphatic carbocycles. The molecule has 1 N–H and O–H groups in total. The molecule has 7 heteroatoms. The third-order valence-electron chi connectivity index (χ3n) is 6.54. The molecule has 0 unspecified atom stereocenters. The highest BCUT2D eigenvalue weighted by Crippen LogP contribution is 2.36. The maximum Gasteiger partial charge on any atom is 0.240 e. The van der Waals surface area contributed by atoms with Crippen molar-refractivity contribution in [2.75, 3.05) is 26.3 Å². The zero-order chi connectivity index (χ0) is 19.2. The van der Waals surface area contributed by atoms with Gasteiger partial charge in [0.05, 0.1) is 13.2 Å². The lowest BCUT2D eigenvalue weighted by molar-refractivity contribution is -0.141. The highest BCUT2D eigenvalue weighted by molar-refractivity contribution is 7.99. The highest BCUT2D eigenvalue weighted by Gasteiger charge is 2.45. The molecule has 0 atom stereocenters. The molecule has 1 aliphatic heterocycles. The summed E-state index contributed by atoms with van der Waals surface area (Å²) in [6, 6.07) is 2.16. The van der Waals surface area contributed by atoms with Crippen LogP contribution in [0, 0.1) is 0 Å². The first kappa shape index (κ1) is 20.1. The van der Waals surface area contributed by atoms with E-state index in [2.05, 4.69) is 20.2 Å². The number of rotatable bonds is 5. The van der Waals surface area contributed by atoms with E-state index < -0.39 is 0 Å². The zero-order valence-corrected chi connectivity index (χ0v) is 17.5. The Labute approximate surface area is 172 Å². The smallest absolute Gasteiger partial charge is 0.240 e. The first-order valence-corrected chi connectivity index (χ1v) is 11.7. The van der Waals surface area contributed by atoms with E-state index in [-0.39, 0.29) is 11.4 Å². The van der Waals surface area contributed by atoms with Crippen molar-refractivity contribution in [3.63, 3.8) is 0 Å². The van der Waals surface area contributed by atoms with Crippen molar-refractivity contribution in [1.29, 1.82) is 0 Å². The summed E-state index contributed by atoms with van der Waals surface area (Å²) in [5, 5.41) is 4.87. The van der Waals surface area contributed by atoms with Crippen molar-refractivity contribution < 1.29 is 9.53 Å². The Morgan fingerprint density at radius 1 is 1.07 bits per heavy atom. The second-order valence-electron chi connectivity index (χ2n) is 8.29. The summed E-state index contributed by atoms with van der Waals surface area (Å²) in [5.74, 6) is 0.275. The number of nitrogens with one attached hydrogen (secondary N) is 1. The molecule has 28 heavy (non-hydrogen) atoms. The molecular formula is C21H32N4O2S. The number of amides is 1. The third kappa shape index (κ3) is 4.69. The third-order valence-corrected chi connectivity index (χ3v) is 7.77. The summed E-state index contributed by atoms with van der Waals surface area (Å²) in [4.78, 5) is 24.5. The van der Waals surface area contributed by atoms with Gasteiger partial charge in [-0.2, -0.15) is 0 Å². The molecule has 2 saturated carbocycles. The molecule has 0 aromatic carbocycles. The van der Waals surface area contributed by atoms with E-state index >= 15 is 0 Å². The number of thioether (sulfide) groups is 1. The number of carbonyl (C=O) groups is 1. The summed E-state index contributed by atoms with van der Waals surface area (Å²) in [6.07, 6.45) is 13.5. The summed E-state index contributed by atoms with van der Waals surface area (Å²) in [5.41, 5.74) is -0.300. The Morgan fingerprint density at radius 3 is 2.43 bits per heavy atom. The van der Waals surface area contributed by atoms with E-state index in [0.717, 1.165) is 82.8 Å². The number of hydrogen-bond acceptors (Lipinski definition) is 6. The molecule has 1 amide bonds. The van der Waals surface area contributed by atoms with E-state index in [1.165, 1.54) is 6.42 Å².